The Labute approximate surface area is 415 Å². The van der Waals surface area contributed by atoms with Crippen LogP contribution in [-0.2, 0) is 37.9 Å². The molecule has 4 aliphatic carbocycles. The molecule has 6 aromatic rings. The first-order chi connectivity index (χ1) is 32.1. The molecule has 12 rings (SSSR count). The van der Waals surface area contributed by atoms with Crippen LogP contribution in [0.25, 0.3) is 11.0 Å². The third-order valence-electron chi connectivity index (χ3n) is 19.6. The molecule has 4 heteroatoms. The first-order valence-electron chi connectivity index (χ1n) is 26.9. The molecule has 1 saturated carbocycles. The van der Waals surface area contributed by atoms with E-state index in [1.54, 1.807) is 5.56 Å². The van der Waals surface area contributed by atoms with Crippen LogP contribution in [0.5, 0.6) is 0 Å². The Hall–Kier alpha value is -4.70. The van der Waals surface area contributed by atoms with E-state index in [9.17, 15) is 0 Å². The maximum atomic E-state index is 7.75. The number of aryl methyl sites for hydroxylation is 1. The Bertz CT molecular complexity index is 3160. The van der Waals surface area contributed by atoms with Gasteiger partial charge in [-0.2, -0.15) is 0 Å². The van der Waals surface area contributed by atoms with Crippen LogP contribution in [0.3, 0.4) is 0 Å². The zero-order valence-electron chi connectivity index (χ0n) is 45.4. The zero-order chi connectivity index (χ0) is 49.1. The molecule has 3 unspecified atom stereocenters. The number of nitrogens with zero attached hydrogens (tertiary/aromatic N) is 2. The number of furan rings is 1. The largest absolute Gasteiger partial charge is 0.468 e. The van der Waals surface area contributed by atoms with Gasteiger partial charge in [-0.1, -0.05) is 129 Å². The molecule has 3 nitrogen and oxygen atoms in total. The first kappa shape index (κ1) is 45.4. The molecule has 69 heavy (non-hydrogen) atoms. The van der Waals surface area contributed by atoms with Crippen molar-refractivity contribution in [2.45, 2.75) is 206 Å². The molecule has 3 atom stereocenters. The molecule has 0 spiro atoms. The van der Waals surface area contributed by atoms with Gasteiger partial charge in [-0.25, -0.2) is 0 Å². The van der Waals surface area contributed by atoms with E-state index in [1.165, 1.54) is 140 Å². The highest BCUT2D eigenvalue weighted by atomic mass is 16.3. The highest BCUT2D eigenvalue weighted by Crippen LogP contribution is 2.58. The van der Waals surface area contributed by atoms with Crippen LogP contribution in [0, 0.1) is 12.8 Å². The quantitative estimate of drug-likeness (QED) is 0.161. The summed E-state index contributed by atoms with van der Waals surface area (Å²) in [4.78, 5) is 5.38. The van der Waals surface area contributed by atoms with Gasteiger partial charge in [-0.3, -0.25) is 0 Å². The molecular formula is C65H79BN2O. The predicted octanol–water partition coefficient (Wildman–Crippen LogP) is 16.3. The van der Waals surface area contributed by atoms with Gasteiger partial charge in [0.1, 0.15) is 5.58 Å². The molecule has 1 aromatic heterocycles. The summed E-state index contributed by atoms with van der Waals surface area (Å²) in [5, 5.41) is 1.27. The van der Waals surface area contributed by atoms with Gasteiger partial charge >= 0.3 is 0 Å². The second kappa shape index (κ2) is 14.0. The molecule has 358 valence electrons. The van der Waals surface area contributed by atoms with Gasteiger partial charge in [0, 0.05) is 33.8 Å². The number of benzene rings is 5. The van der Waals surface area contributed by atoms with Crippen molar-refractivity contribution in [3.63, 3.8) is 0 Å². The van der Waals surface area contributed by atoms with Crippen molar-refractivity contribution in [1.29, 1.82) is 0 Å². The van der Waals surface area contributed by atoms with Crippen molar-refractivity contribution < 1.29 is 4.42 Å². The third-order valence-corrected chi connectivity index (χ3v) is 19.6. The summed E-state index contributed by atoms with van der Waals surface area (Å²) in [6, 6.07) is 30.6. The molecular weight excluding hydrogens is 836 g/mol. The SMILES string of the molecule is Cc1cc2c3c(c1)N(c1ccc4c(c1)C(C)(C)CCC4(C)C)c1c(oc4cc5c(cc14)C1(C)CCC(C1)C5C)B3c1cc3c(cc1N2c1cc(C(C)(C)C)cc(C(C)(C)C)c1)C(C)(C)CCC3(C)C. The van der Waals surface area contributed by atoms with Crippen LogP contribution in [0.4, 0.5) is 34.1 Å². The summed E-state index contributed by atoms with van der Waals surface area (Å²) in [6.07, 6.45) is 8.58. The smallest absolute Gasteiger partial charge is 0.297 e. The second-order valence-corrected chi connectivity index (χ2v) is 28.4. The molecule has 6 aliphatic rings. The van der Waals surface area contributed by atoms with E-state index in [4.69, 9.17) is 4.42 Å². The van der Waals surface area contributed by atoms with Crippen LogP contribution < -0.4 is 26.4 Å². The fourth-order valence-electron chi connectivity index (χ4n) is 14.7. The summed E-state index contributed by atoms with van der Waals surface area (Å²) in [5.74, 6) is 1.27. The predicted molar refractivity (Wildman–Crippen MR) is 296 cm³/mol. The number of hydrogen-bond donors (Lipinski definition) is 0. The summed E-state index contributed by atoms with van der Waals surface area (Å²) < 4.78 is 7.75. The summed E-state index contributed by atoms with van der Waals surface area (Å²) >= 11 is 0. The standard InChI is InChI=1S/C65H79BN2O/c1-37-26-53-56-54(27-37)68(42-18-19-46-48(31-42)62(11,12)23-22-61(46,9)10)57-45-32-47-44(38(2)39-20-21-65(47,17)36-39)33-55(45)69-58(57)66(56)51-34-49-50(64(15,16)25-24-63(49,13)14)35-52(51)67(53)43-29-40(59(3,4)5)28-41(30-43)60(6,7)8/h18-19,26-35,38-39H,20-25,36H2,1-17H3. The van der Waals surface area contributed by atoms with Crippen LogP contribution in [0.2, 0.25) is 0 Å². The minimum absolute atomic E-state index is 0.0347. The lowest BCUT2D eigenvalue weighted by Gasteiger charge is -2.47. The Balaban J connectivity index is 1.22. The molecule has 1 fully saturated rings. The zero-order valence-corrected chi connectivity index (χ0v) is 45.4. The summed E-state index contributed by atoms with van der Waals surface area (Å²) in [5.41, 5.74) is 25.9. The van der Waals surface area contributed by atoms with Crippen LogP contribution >= 0.6 is 0 Å². The Kier molecular flexibility index (Phi) is 9.25. The van der Waals surface area contributed by atoms with E-state index < -0.39 is 0 Å². The normalized spacial score (nSPS) is 24.3. The van der Waals surface area contributed by atoms with E-state index in [2.05, 4.69) is 200 Å². The van der Waals surface area contributed by atoms with Crippen molar-refractivity contribution in [2.24, 2.45) is 5.92 Å². The average molecular weight is 915 g/mol. The molecule has 0 saturated heterocycles. The number of fused-ring (bicyclic) bond motifs is 12. The van der Waals surface area contributed by atoms with Gasteiger partial charge in [0.05, 0.1) is 11.3 Å². The van der Waals surface area contributed by atoms with Gasteiger partial charge in [-0.05, 0) is 217 Å². The monoisotopic (exact) mass is 915 g/mol. The third kappa shape index (κ3) is 6.50. The number of anilines is 6. The van der Waals surface area contributed by atoms with E-state index in [1.807, 2.05) is 0 Å². The molecule has 2 aliphatic heterocycles. The lowest BCUT2D eigenvalue weighted by Crippen LogP contribution is -2.61. The fraction of sp³-hybridized carbons (Fsp3) is 0.508. The van der Waals surface area contributed by atoms with E-state index in [0.29, 0.717) is 5.92 Å². The fourth-order valence-corrected chi connectivity index (χ4v) is 14.7. The number of hydrogen-bond acceptors (Lipinski definition) is 3. The first-order valence-corrected chi connectivity index (χ1v) is 26.9. The van der Waals surface area contributed by atoms with Gasteiger partial charge in [0.15, 0.2) is 0 Å². The lowest BCUT2D eigenvalue weighted by atomic mass is 9.35. The van der Waals surface area contributed by atoms with Crippen LogP contribution in [0.1, 0.15) is 212 Å². The van der Waals surface area contributed by atoms with Crippen molar-refractivity contribution in [1.82, 2.24) is 0 Å². The van der Waals surface area contributed by atoms with Gasteiger partial charge in [0.25, 0.3) is 6.71 Å². The highest BCUT2D eigenvalue weighted by molar-refractivity contribution is 7.00. The summed E-state index contributed by atoms with van der Waals surface area (Å²) in [6.45, 7) is 41.4. The van der Waals surface area contributed by atoms with E-state index >= 15 is 0 Å². The molecule has 0 radical (unpaired) electrons. The van der Waals surface area contributed by atoms with Crippen LogP contribution in [-0.4, -0.2) is 6.71 Å². The van der Waals surface area contributed by atoms with Gasteiger partial charge in [-0.15, -0.1) is 0 Å². The van der Waals surface area contributed by atoms with Crippen molar-refractivity contribution >= 4 is 68.4 Å². The molecule has 0 N–H and O–H groups in total. The maximum absolute atomic E-state index is 7.75. The second-order valence-electron chi connectivity index (χ2n) is 28.4. The number of rotatable bonds is 2. The van der Waals surface area contributed by atoms with Crippen LogP contribution in [0.15, 0.2) is 77.2 Å². The Morgan fingerprint density at radius 2 is 1.13 bits per heavy atom. The van der Waals surface area contributed by atoms with E-state index in [0.717, 1.165) is 17.2 Å². The molecule has 3 heterocycles. The molecule has 5 aromatic carbocycles. The molecule has 0 amide bonds. The summed E-state index contributed by atoms with van der Waals surface area (Å²) in [7, 11) is 0. The minimum atomic E-state index is -0.0889. The van der Waals surface area contributed by atoms with E-state index in [-0.39, 0.29) is 44.6 Å². The van der Waals surface area contributed by atoms with Crippen molar-refractivity contribution in [3.8, 4) is 0 Å². The lowest BCUT2D eigenvalue weighted by molar-refractivity contribution is 0.332. The van der Waals surface area contributed by atoms with Crippen molar-refractivity contribution in [3.05, 3.63) is 123 Å². The molecule has 2 bridgehead atoms. The topological polar surface area (TPSA) is 19.6 Å². The average Bonchev–Trinajstić information content (AvgIpc) is 3.83. The van der Waals surface area contributed by atoms with Gasteiger partial charge in [0.2, 0.25) is 0 Å². The Morgan fingerprint density at radius 1 is 0.565 bits per heavy atom. The minimum Gasteiger partial charge on any atom is -0.468 e. The van der Waals surface area contributed by atoms with Crippen molar-refractivity contribution in [2.75, 3.05) is 9.80 Å². The highest BCUT2D eigenvalue weighted by Gasteiger charge is 2.51. The van der Waals surface area contributed by atoms with Gasteiger partial charge < -0.3 is 14.2 Å². The maximum Gasteiger partial charge on any atom is 0.297 e. The Morgan fingerprint density at radius 3 is 1.74 bits per heavy atom.